The first-order valence-corrected chi connectivity index (χ1v) is 20.6. The zero-order valence-electron chi connectivity index (χ0n) is 33.2. The van der Waals surface area contributed by atoms with Gasteiger partial charge in [-0.25, -0.2) is 14.5 Å². The van der Waals surface area contributed by atoms with E-state index in [-0.39, 0.29) is 0 Å². The number of rotatable bonds is 8. The number of hydrogen-bond donors (Lipinski definition) is 0. The highest BCUT2D eigenvalue weighted by Crippen LogP contribution is 2.42. The Morgan fingerprint density at radius 3 is 1.33 bits per heavy atom. The average molecular weight is 779 g/mol. The Bertz CT molecular complexity index is 3290. The highest BCUT2D eigenvalue weighted by molar-refractivity contribution is 6.09. The maximum absolute atomic E-state index is 5.38. The molecular weight excluding hydrogens is 741 g/mol. The lowest BCUT2D eigenvalue weighted by Crippen LogP contribution is -1.96. The molecule has 11 aromatic rings. The third kappa shape index (κ3) is 6.86. The second-order valence-corrected chi connectivity index (χ2v) is 15.3. The first-order valence-electron chi connectivity index (χ1n) is 20.6. The van der Waals surface area contributed by atoms with E-state index in [1.807, 2.05) is 12.1 Å². The van der Waals surface area contributed by atoms with Crippen LogP contribution in [0.3, 0.4) is 0 Å². The molecule has 3 heterocycles. The number of nitrogens with zero attached hydrogens (tertiary/aromatic N) is 4. The van der Waals surface area contributed by atoms with Crippen molar-refractivity contribution in [3.05, 3.63) is 231 Å². The summed E-state index contributed by atoms with van der Waals surface area (Å²) >= 11 is 0. The predicted octanol–water partition coefficient (Wildman–Crippen LogP) is 14.6. The summed E-state index contributed by atoms with van der Waals surface area (Å²) in [5.41, 5.74) is 17.0. The quantitative estimate of drug-likeness (QED) is 0.154. The molecule has 286 valence electrons. The van der Waals surface area contributed by atoms with Crippen LogP contribution in [0.2, 0.25) is 0 Å². The highest BCUT2D eigenvalue weighted by Gasteiger charge is 2.22. The van der Waals surface area contributed by atoms with E-state index in [2.05, 4.69) is 223 Å². The van der Waals surface area contributed by atoms with Crippen molar-refractivity contribution in [1.29, 1.82) is 0 Å². The monoisotopic (exact) mass is 778 g/mol. The fourth-order valence-corrected chi connectivity index (χ4v) is 8.37. The normalized spacial score (nSPS) is 11.3. The van der Waals surface area contributed by atoms with Crippen LogP contribution in [0.25, 0.3) is 106 Å². The van der Waals surface area contributed by atoms with Gasteiger partial charge in [0.15, 0.2) is 5.82 Å². The second-order valence-electron chi connectivity index (χ2n) is 15.3. The van der Waals surface area contributed by atoms with Gasteiger partial charge in [-0.05, 0) is 51.4 Å². The number of fused-ring (bicyclic) bond motifs is 3. The first-order chi connectivity index (χ1) is 30.2. The summed E-state index contributed by atoms with van der Waals surface area (Å²) < 4.78 is 2.15. The number of benzene rings is 8. The summed E-state index contributed by atoms with van der Waals surface area (Å²) in [5, 5.41) is 7.66. The molecule has 0 spiro atoms. The maximum atomic E-state index is 5.38. The van der Waals surface area contributed by atoms with Gasteiger partial charge in [-0.3, -0.25) is 0 Å². The molecule has 8 aromatic carbocycles. The van der Waals surface area contributed by atoms with Gasteiger partial charge in [-0.15, -0.1) is 0 Å². The molecule has 0 aliphatic heterocycles. The summed E-state index contributed by atoms with van der Waals surface area (Å²) in [7, 11) is 0. The van der Waals surface area contributed by atoms with Crippen molar-refractivity contribution in [2.75, 3.05) is 0 Å². The molecule has 3 aromatic heterocycles. The van der Waals surface area contributed by atoms with Crippen LogP contribution in [-0.4, -0.2) is 19.6 Å². The molecule has 0 aliphatic rings. The van der Waals surface area contributed by atoms with E-state index in [0.29, 0.717) is 5.82 Å². The Labute approximate surface area is 354 Å². The Morgan fingerprint density at radius 2 is 0.738 bits per heavy atom. The Balaban J connectivity index is 1.02. The number of hydrogen-bond acceptors (Lipinski definition) is 3. The Hall–Kier alpha value is -8.21. The molecule has 0 radical (unpaired) electrons. The van der Waals surface area contributed by atoms with Crippen LogP contribution in [-0.2, 0) is 0 Å². The van der Waals surface area contributed by atoms with Crippen LogP contribution in [0.1, 0.15) is 0 Å². The Kier molecular flexibility index (Phi) is 9.14. The summed E-state index contributed by atoms with van der Waals surface area (Å²) in [6, 6.07) is 81.0. The lowest BCUT2D eigenvalue weighted by Gasteiger charge is -2.13. The van der Waals surface area contributed by atoms with E-state index in [9.17, 15) is 0 Å². The SMILES string of the molecule is c1ccc(-c2ccc(-c3cc(-c4ccccc4)nc(-c4ccc(-c5ccc6c(c5)cc(-c5ccccc5)n5nc(-c7ccccc7)c(-c7ccccc7)c65)cc4)n3)cc2)cc1. The molecule has 11 rings (SSSR count). The van der Waals surface area contributed by atoms with Gasteiger partial charge in [0.1, 0.15) is 5.69 Å². The van der Waals surface area contributed by atoms with Gasteiger partial charge in [-0.2, -0.15) is 5.10 Å². The van der Waals surface area contributed by atoms with Crippen LogP contribution in [0, 0.1) is 0 Å². The summed E-state index contributed by atoms with van der Waals surface area (Å²) in [6.07, 6.45) is 0. The smallest absolute Gasteiger partial charge is 0.160 e. The van der Waals surface area contributed by atoms with Crippen LogP contribution >= 0.6 is 0 Å². The van der Waals surface area contributed by atoms with Crippen molar-refractivity contribution >= 4 is 16.3 Å². The van der Waals surface area contributed by atoms with E-state index in [4.69, 9.17) is 15.1 Å². The minimum atomic E-state index is 0.687. The molecule has 4 nitrogen and oxygen atoms in total. The minimum Gasteiger partial charge on any atom is -0.231 e. The van der Waals surface area contributed by atoms with Gasteiger partial charge in [-0.1, -0.05) is 212 Å². The molecule has 0 saturated carbocycles. The largest absolute Gasteiger partial charge is 0.231 e. The topological polar surface area (TPSA) is 43.1 Å². The number of aromatic nitrogens is 4. The summed E-state index contributed by atoms with van der Waals surface area (Å²) in [5.74, 6) is 0.687. The van der Waals surface area contributed by atoms with E-state index < -0.39 is 0 Å². The lowest BCUT2D eigenvalue weighted by molar-refractivity contribution is 0.979. The van der Waals surface area contributed by atoms with Crippen LogP contribution in [0.5, 0.6) is 0 Å². The first kappa shape index (κ1) is 35.9. The Morgan fingerprint density at radius 1 is 0.311 bits per heavy atom. The highest BCUT2D eigenvalue weighted by atomic mass is 15.2. The third-order valence-electron chi connectivity index (χ3n) is 11.5. The summed E-state index contributed by atoms with van der Waals surface area (Å²) in [4.78, 5) is 10.3. The van der Waals surface area contributed by atoms with Crippen molar-refractivity contribution in [2.45, 2.75) is 0 Å². The molecule has 4 heteroatoms. The van der Waals surface area contributed by atoms with E-state index >= 15 is 0 Å². The zero-order chi connectivity index (χ0) is 40.5. The van der Waals surface area contributed by atoms with Crippen molar-refractivity contribution < 1.29 is 0 Å². The molecule has 0 N–H and O–H groups in total. The second kappa shape index (κ2) is 15.5. The van der Waals surface area contributed by atoms with E-state index in [0.717, 1.165) is 89.1 Å². The minimum absolute atomic E-state index is 0.687. The van der Waals surface area contributed by atoms with Gasteiger partial charge >= 0.3 is 0 Å². The molecule has 0 saturated heterocycles. The molecule has 0 unspecified atom stereocenters. The van der Waals surface area contributed by atoms with Gasteiger partial charge < -0.3 is 0 Å². The number of pyridine rings is 1. The standard InChI is InChI=1S/C57H38N4/c1-6-16-39(17-7-1)40-26-30-43(31-27-40)52-38-51(42-18-8-2-9-19-42)58-57(59-52)47-32-28-41(29-33-47)48-34-35-50-49(36-48)37-53(44-20-10-3-11-21-44)61-56(50)54(45-22-12-4-13-23-45)55(60-61)46-24-14-5-15-25-46/h1-38H. The van der Waals surface area contributed by atoms with Crippen molar-refractivity contribution in [1.82, 2.24) is 19.6 Å². The van der Waals surface area contributed by atoms with Crippen LogP contribution in [0.4, 0.5) is 0 Å². The van der Waals surface area contributed by atoms with Gasteiger partial charge in [0.2, 0.25) is 0 Å². The van der Waals surface area contributed by atoms with Crippen LogP contribution < -0.4 is 0 Å². The third-order valence-corrected chi connectivity index (χ3v) is 11.5. The molecule has 0 fully saturated rings. The predicted molar refractivity (Wildman–Crippen MR) is 252 cm³/mol. The average Bonchev–Trinajstić information content (AvgIpc) is 3.76. The molecule has 0 amide bonds. The molecule has 0 aliphatic carbocycles. The lowest BCUT2D eigenvalue weighted by atomic mass is 9.95. The molecule has 0 bridgehead atoms. The van der Waals surface area contributed by atoms with E-state index in [1.54, 1.807) is 0 Å². The van der Waals surface area contributed by atoms with Crippen molar-refractivity contribution in [2.24, 2.45) is 0 Å². The molecular formula is C57H38N4. The van der Waals surface area contributed by atoms with Gasteiger partial charge in [0, 0.05) is 38.8 Å². The summed E-state index contributed by atoms with van der Waals surface area (Å²) in [6.45, 7) is 0. The van der Waals surface area contributed by atoms with Crippen LogP contribution in [0.15, 0.2) is 231 Å². The van der Waals surface area contributed by atoms with Crippen molar-refractivity contribution in [3.8, 4) is 89.8 Å². The van der Waals surface area contributed by atoms with E-state index in [1.165, 1.54) is 11.1 Å². The molecule has 61 heavy (non-hydrogen) atoms. The van der Waals surface area contributed by atoms with Crippen molar-refractivity contribution in [3.63, 3.8) is 0 Å². The zero-order valence-corrected chi connectivity index (χ0v) is 33.2. The fourth-order valence-electron chi connectivity index (χ4n) is 8.37. The molecule has 0 atom stereocenters. The fraction of sp³-hybridized carbons (Fsp3) is 0. The van der Waals surface area contributed by atoms with Gasteiger partial charge in [0.25, 0.3) is 0 Å². The maximum Gasteiger partial charge on any atom is 0.160 e. The van der Waals surface area contributed by atoms with Gasteiger partial charge in [0.05, 0.1) is 22.6 Å².